The second-order valence-corrected chi connectivity index (χ2v) is 3.83. The van der Waals surface area contributed by atoms with Crippen molar-refractivity contribution in [3.63, 3.8) is 0 Å². The average molecular weight is 246 g/mol. The summed E-state index contributed by atoms with van der Waals surface area (Å²) >= 11 is 0. The van der Waals surface area contributed by atoms with E-state index < -0.39 is 12.2 Å². The molecule has 0 saturated heterocycles. The van der Waals surface area contributed by atoms with Gasteiger partial charge in [-0.25, -0.2) is 0 Å². The van der Waals surface area contributed by atoms with Crippen molar-refractivity contribution >= 4 is 0 Å². The lowest BCUT2D eigenvalue weighted by atomic mass is 10.0. The molecule has 0 aliphatic heterocycles. The van der Waals surface area contributed by atoms with Crippen LogP contribution in [0.2, 0.25) is 0 Å². The van der Waals surface area contributed by atoms with Crippen molar-refractivity contribution < 1.29 is 10.2 Å². The summed E-state index contributed by atoms with van der Waals surface area (Å²) < 4.78 is 0. The number of benzene rings is 1. The second-order valence-electron chi connectivity index (χ2n) is 3.83. The molecule has 2 unspecified atom stereocenters. The lowest BCUT2D eigenvalue weighted by Crippen LogP contribution is -2.19. The molecule has 0 amide bonds. The van der Waals surface area contributed by atoms with Gasteiger partial charge in [0, 0.05) is 11.5 Å². The minimum Gasteiger partial charge on any atom is -0.390 e. The minimum atomic E-state index is -1.02. The summed E-state index contributed by atoms with van der Waals surface area (Å²) in [7, 11) is 0. The molecular weight excluding hydrogens is 232 g/mol. The van der Waals surface area contributed by atoms with Gasteiger partial charge in [0.1, 0.15) is 6.10 Å². The highest BCUT2D eigenvalue weighted by Gasteiger charge is 2.17. The van der Waals surface area contributed by atoms with Gasteiger partial charge < -0.3 is 10.2 Å². The molecule has 1 rings (SSSR count). The molecule has 1 aromatic rings. The summed E-state index contributed by atoms with van der Waals surface area (Å²) in [4.78, 5) is 2.57. The molecule has 18 heavy (non-hydrogen) atoms. The van der Waals surface area contributed by atoms with Crippen molar-refractivity contribution in [2.24, 2.45) is 5.11 Å². The van der Waals surface area contributed by atoms with Crippen LogP contribution in [-0.4, -0.2) is 22.9 Å². The van der Waals surface area contributed by atoms with Crippen LogP contribution in [0.25, 0.3) is 10.4 Å². The molecule has 2 N–H and O–H groups in total. The zero-order chi connectivity index (χ0) is 13.4. The molecule has 0 spiro atoms. The van der Waals surface area contributed by atoms with Crippen LogP contribution >= 0.6 is 0 Å². The van der Waals surface area contributed by atoms with Crippen LogP contribution in [-0.2, 0) is 6.42 Å². The predicted molar refractivity (Wildman–Crippen MR) is 65.4 cm³/mol. The number of azide groups is 1. The van der Waals surface area contributed by atoms with Crippen molar-refractivity contribution in [1.29, 1.82) is 5.26 Å². The summed E-state index contributed by atoms with van der Waals surface area (Å²) in [6, 6.07) is 8.86. The molecule has 0 saturated carbocycles. The fourth-order valence-electron chi connectivity index (χ4n) is 1.54. The second kappa shape index (κ2) is 7.30. The van der Waals surface area contributed by atoms with Gasteiger partial charge in [0.2, 0.25) is 0 Å². The number of rotatable bonds is 6. The Kier molecular flexibility index (Phi) is 5.68. The third-order valence-electron chi connectivity index (χ3n) is 2.56. The summed E-state index contributed by atoms with van der Waals surface area (Å²) in [5.74, 6) is 0. The highest BCUT2D eigenvalue weighted by molar-refractivity contribution is 5.26. The van der Waals surface area contributed by atoms with E-state index in [0.717, 1.165) is 5.56 Å². The molecule has 94 valence electrons. The molecule has 6 nitrogen and oxygen atoms in total. The Morgan fingerprint density at radius 3 is 2.56 bits per heavy atom. The van der Waals surface area contributed by atoms with Crippen LogP contribution in [0.15, 0.2) is 29.4 Å². The zero-order valence-electron chi connectivity index (χ0n) is 9.77. The fourth-order valence-corrected chi connectivity index (χ4v) is 1.54. The monoisotopic (exact) mass is 246 g/mol. The van der Waals surface area contributed by atoms with Crippen LogP contribution in [0, 0.1) is 11.3 Å². The highest BCUT2D eigenvalue weighted by Crippen LogP contribution is 2.19. The zero-order valence-corrected chi connectivity index (χ0v) is 9.77. The Labute approximate surface area is 105 Å². The number of aliphatic hydroxyl groups excluding tert-OH is 2. The topological polar surface area (TPSA) is 113 Å². The van der Waals surface area contributed by atoms with Crippen LogP contribution in [0.1, 0.15) is 23.7 Å². The van der Waals surface area contributed by atoms with E-state index in [1.807, 2.05) is 6.07 Å². The quantitative estimate of drug-likeness (QED) is 0.453. The Bertz CT molecular complexity index is 460. The van der Waals surface area contributed by atoms with Crippen LogP contribution < -0.4 is 0 Å². The van der Waals surface area contributed by atoms with Crippen molar-refractivity contribution in [3.05, 3.63) is 45.8 Å². The van der Waals surface area contributed by atoms with E-state index in [-0.39, 0.29) is 13.0 Å². The SMILES string of the molecule is N#CCc1ccc(C(O)C(O)CCN=[N+]=[N-])cc1. The maximum Gasteiger partial charge on any atom is 0.105 e. The lowest BCUT2D eigenvalue weighted by molar-refractivity contribution is 0.0150. The minimum absolute atomic E-state index is 0.140. The smallest absolute Gasteiger partial charge is 0.105 e. The molecular formula is C12H14N4O2. The Morgan fingerprint density at radius 2 is 2.00 bits per heavy atom. The third-order valence-corrected chi connectivity index (χ3v) is 2.56. The molecule has 0 heterocycles. The standard InChI is InChI=1S/C12H14N4O2/c13-7-5-9-1-3-10(4-2-9)12(18)11(17)6-8-15-16-14/h1-4,11-12,17-18H,5-6,8H2. The predicted octanol–water partition coefficient (Wildman–Crippen LogP) is 1.85. The summed E-state index contributed by atoms with van der Waals surface area (Å²) in [6.07, 6.45) is -1.48. The van der Waals surface area contributed by atoms with Crippen molar-refractivity contribution in [3.8, 4) is 6.07 Å². The summed E-state index contributed by atoms with van der Waals surface area (Å²) in [6.45, 7) is 0.140. The first kappa shape index (κ1) is 14.0. The maximum atomic E-state index is 9.86. The van der Waals surface area contributed by atoms with E-state index in [1.54, 1.807) is 24.3 Å². The molecule has 0 aliphatic rings. The van der Waals surface area contributed by atoms with E-state index in [9.17, 15) is 10.2 Å². The van der Waals surface area contributed by atoms with E-state index in [1.165, 1.54) is 0 Å². The lowest BCUT2D eigenvalue weighted by Gasteiger charge is -2.17. The Morgan fingerprint density at radius 1 is 1.33 bits per heavy atom. The van der Waals surface area contributed by atoms with Gasteiger partial charge >= 0.3 is 0 Å². The molecule has 2 atom stereocenters. The fraction of sp³-hybridized carbons (Fsp3) is 0.417. The molecule has 0 radical (unpaired) electrons. The molecule has 1 aromatic carbocycles. The van der Waals surface area contributed by atoms with Crippen molar-refractivity contribution in [1.82, 2.24) is 0 Å². The van der Waals surface area contributed by atoms with Gasteiger partial charge in [-0.2, -0.15) is 5.26 Å². The Balaban J connectivity index is 2.62. The number of hydrogen-bond donors (Lipinski definition) is 2. The number of hydrogen-bond acceptors (Lipinski definition) is 4. The van der Waals surface area contributed by atoms with Gasteiger partial charge in [0.15, 0.2) is 0 Å². The number of nitriles is 1. The van der Waals surface area contributed by atoms with E-state index in [0.29, 0.717) is 12.0 Å². The first-order valence-corrected chi connectivity index (χ1v) is 5.51. The first-order chi connectivity index (χ1) is 8.69. The molecule has 0 aromatic heterocycles. The third kappa shape index (κ3) is 4.07. The van der Waals surface area contributed by atoms with Crippen LogP contribution in [0.4, 0.5) is 0 Å². The Hall–Kier alpha value is -2.06. The summed E-state index contributed by atoms with van der Waals surface area (Å²) in [5.41, 5.74) is 9.54. The van der Waals surface area contributed by atoms with Gasteiger partial charge in [0.05, 0.1) is 18.6 Å². The van der Waals surface area contributed by atoms with Gasteiger partial charge in [-0.3, -0.25) is 0 Å². The van der Waals surface area contributed by atoms with E-state index in [4.69, 9.17) is 10.8 Å². The van der Waals surface area contributed by atoms with Crippen molar-refractivity contribution in [2.45, 2.75) is 25.0 Å². The molecule has 6 heteroatoms. The van der Waals surface area contributed by atoms with Crippen molar-refractivity contribution in [2.75, 3.05) is 6.54 Å². The molecule has 0 bridgehead atoms. The number of aliphatic hydroxyl groups is 2. The van der Waals surface area contributed by atoms with Crippen LogP contribution in [0.3, 0.4) is 0 Å². The first-order valence-electron chi connectivity index (χ1n) is 5.51. The average Bonchev–Trinajstić information content (AvgIpc) is 2.39. The molecule has 0 fully saturated rings. The maximum absolute atomic E-state index is 9.86. The number of nitrogens with zero attached hydrogens (tertiary/aromatic N) is 4. The van der Waals surface area contributed by atoms with Gasteiger partial charge in [-0.1, -0.05) is 29.4 Å². The largest absolute Gasteiger partial charge is 0.390 e. The normalized spacial score (nSPS) is 13.2. The molecule has 0 aliphatic carbocycles. The van der Waals surface area contributed by atoms with Gasteiger partial charge in [-0.15, -0.1) is 0 Å². The van der Waals surface area contributed by atoms with Gasteiger partial charge in [-0.05, 0) is 23.1 Å². The van der Waals surface area contributed by atoms with Crippen LogP contribution in [0.5, 0.6) is 0 Å². The summed E-state index contributed by atoms with van der Waals surface area (Å²) in [5, 5.41) is 31.4. The van der Waals surface area contributed by atoms with E-state index in [2.05, 4.69) is 10.0 Å². The van der Waals surface area contributed by atoms with Gasteiger partial charge in [0.25, 0.3) is 0 Å². The van der Waals surface area contributed by atoms with E-state index >= 15 is 0 Å². The highest BCUT2D eigenvalue weighted by atomic mass is 16.3.